The number of aliphatic hydroxyl groups excluding tert-OH is 1. The summed E-state index contributed by atoms with van der Waals surface area (Å²) < 4.78 is 23.6. The van der Waals surface area contributed by atoms with Crippen LogP contribution in [0.5, 0.6) is 5.75 Å². The fourth-order valence-electron chi connectivity index (χ4n) is 7.10. The lowest BCUT2D eigenvalue weighted by atomic mass is 9.68. The van der Waals surface area contributed by atoms with Crippen molar-refractivity contribution in [2.45, 2.75) is 57.0 Å². The number of aryl methyl sites for hydroxylation is 1. The van der Waals surface area contributed by atoms with Crippen molar-refractivity contribution in [2.75, 3.05) is 30.3 Å². The first-order chi connectivity index (χ1) is 19.1. The topological polar surface area (TPSA) is 105 Å². The van der Waals surface area contributed by atoms with E-state index in [1.807, 2.05) is 37.3 Å². The lowest BCUT2D eigenvalue weighted by Crippen LogP contribution is -2.49. The van der Waals surface area contributed by atoms with E-state index in [0.29, 0.717) is 30.3 Å². The minimum absolute atomic E-state index is 0.0389. The van der Waals surface area contributed by atoms with E-state index in [2.05, 4.69) is 21.4 Å². The highest BCUT2D eigenvalue weighted by Gasteiger charge is 2.44. The zero-order valence-corrected chi connectivity index (χ0v) is 24.5. The maximum atomic E-state index is 13.2. The van der Waals surface area contributed by atoms with Crippen LogP contribution in [0, 0.1) is 17.8 Å². The summed E-state index contributed by atoms with van der Waals surface area (Å²) >= 11 is 6.38. The number of amides is 1. The van der Waals surface area contributed by atoms with Gasteiger partial charge in [0.05, 0.1) is 18.4 Å². The van der Waals surface area contributed by atoms with Gasteiger partial charge in [-0.2, -0.15) is 0 Å². The zero-order chi connectivity index (χ0) is 28.1. The van der Waals surface area contributed by atoms with Crippen LogP contribution in [0.3, 0.4) is 0 Å². The van der Waals surface area contributed by atoms with Gasteiger partial charge in [-0.15, -0.1) is 4.36 Å². The molecule has 2 aliphatic carbocycles. The molecule has 2 aromatic rings. The number of benzene rings is 2. The van der Waals surface area contributed by atoms with Crippen molar-refractivity contribution in [1.82, 2.24) is 0 Å². The molecule has 2 aliphatic heterocycles. The highest BCUT2D eigenvalue weighted by Crippen LogP contribution is 2.46. The van der Waals surface area contributed by atoms with Crippen molar-refractivity contribution >= 4 is 33.1 Å². The summed E-state index contributed by atoms with van der Waals surface area (Å²) in [6.07, 6.45) is 8.94. The minimum Gasteiger partial charge on any atom is -0.490 e. The molecule has 40 heavy (non-hydrogen) atoms. The number of hydrogen-bond acceptors (Lipinski definition) is 5. The van der Waals surface area contributed by atoms with Crippen LogP contribution in [-0.2, 0) is 21.8 Å². The Labute approximate surface area is 242 Å². The zero-order valence-electron chi connectivity index (χ0n) is 22.9. The second-order valence-corrected chi connectivity index (χ2v) is 14.6. The molecule has 1 saturated carbocycles. The molecule has 9 heteroatoms. The number of anilines is 1. The molecule has 214 valence electrons. The molecule has 0 radical (unpaired) electrons. The Balaban J connectivity index is 1.44. The minimum atomic E-state index is -3.21. The van der Waals surface area contributed by atoms with Crippen molar-refractivity contribution in [1.29, 1.82) is 0 Å². The Bertz CT molecular complexity index is 1470. The SMILES string of the molecule is C[C@H]1C/C=C\[C@H](O)[C@@H]2CC[C@H]2CN2C[C@@]3(CCCc4cc(Cl)ccc43)COc3ccc(cc32)C(=O)N=S(N)(=O)C1. The fraction of sp³-hybridized carbons (Fsp3) is 0.516. The molecule has 1 spiro atoms. The maximum absolute atomic E-state index is 13.2. The van der Waals surface area contributed by atoms with Gasteiger partial charge >= 0.3 is 0 Å². The van der Waals surface area contributed by atoms with Crippen molar-refractivity contribution in [2.24, 2.45) is 27.3 Å². The van der Waals surface area contributed by atoms with Crippen LogP contribution in [0.15, 0.2) is 52.9 Å². The number of hydrogen-bond donors (Lipinski definition) is 2. The second kappa shape index (κ2) is 10.8. The van der Waals surface area contributed by atoms with Gasteiger partial charge in [-0.05, 0) is 97.7 Å². The number of rotatable bonds is 0. The van der Waals surface area contributed by atoms with Gasteiger partial charge in [-0.1, -0.05) is 36.7 Å². The summed E-state index contributed by atoms with van der Waals surface area (Å²) in [5.41, 5.74) is 3.50. The van der Waals surface area contributed by atoms with E-state index in [-0.39, 0.29) is 23.0 Å². The molecule has 7 nitrogen and oxygen atoms in total. The normalized spacial score (nSPS) is 34.9. The smallest absolute Gasteiger partial charge is 0.286 e. The lowest BCUT2D eigenvalue weighted by Gasteiger charge is -2.45. The van der Waals surface area contributed by atoms with Crippen LogP contribution < -0.4 is 14.8 Å². The van der Waals surface area contributed by atoms with Gasteiger partial charge in [0.1, 0.15) is 15.7 Å². The van der Waals surface area contributed by atoms with Gasteiger partial charge in [0.25, 0.3) is 5.91 Å². The molecule has 6 rings (SSSR count). The summed E-state index contributed by atoms with van der Waals surface area (Å²) in [5.74, 6) is 0.694. The fourth-order valence-corrected chi connectivity index (χ4v) is 8.71. The molecule has 1 fully saturated rings. The molecule has 2 bridgehead atoms. The molecule has 0 saturated heterocycles. The number of halogens is 1. The van der Waals surface area contributed by atoms with Gasteiger partial charge < -0.3 is 14.7 Å². The van der Waals surface area contributed by atoms with E-state index in [0.717, 1.165) is 55.9 Å². The molecule has 4 aliphatic rings. The van der Waals surface area contributed by atoms with E-state index in [1.165, 1.54) is 11.1 Å². The van der Waals surface area contributed by atoms with Crippen molar-refractivity contribution < 1.29 is 18.8 Å². The van der Waals surface area contributed by atoms with Crippen LogP contribution in [0.25, 0.3) is 0 Å². The number of aliphatic hydroxyl groups is 1. The standard InChI is InChI=1S/C31H38ClN3O4S/c1-20-4-2-6-28(36)25-10-7-23(25)16-35-18-31(13-3-5-21-14-24(32)9-11-26(21)31)19-39-29-12-8-22(15-27(29)35)30(37)34-40(33,38)17-20/h2,6,8-9,11-12,14-15,20,23,25,28,36H,3-5,7,10,13,16-19H2,1H3,(H2,33,34,37,38)/b6-2-/t20-,23-,25+,28-,31-,40?/m0/s1. The molecule has 6 atom stereocenters. The van der Waals surface area contributed by atoms with Gasteiger partial charge in [-0.25, -0.2) is 9.35 Å². The summed E-state index contributed by atoms with van der Waals surface area (Å²) in [7, 11) is -3.21. The Morgan fingerprint density at radius 1 is 1.23 bits per heavy atom. The monoisotopic (exact) mass is 583 g/mol. The Morgan fingerprint density at radius 2 is 2.08 bits per heavy atom. The van der Waals surface area contributed by atoms with Gasteiger partial charge in [0, 0.05) is 34.8 Å². The number of fused-ring (bicyclic) bond motifs is 4. The van der Waals surface area contributed by atoms with Crippen molar-refractivity contribution in [3.05, 3.63) is 70.3 Å². The number of ether oxygens (including phenoxy) is 1. The summed E-state index contributed by atoms with van der Waals surface area (Å²) in [5, 5.41) is 17.8. The largest absolute Gasteiger partial charge is 0.490 e. The Kier molecular flexibility index (Phi) is 7.49. The molecule has 2 heterocycles. The first-order valence-corrected chi connectivity index (χ1v) is 16.5. The summed E-state index contributed by atoms with van der Waals surface area (Å²) in [6.45, 7) is 3.93. The van der Waals surface area contributed by atoms with Crippen LogP contribution >= 0.6 is 11.6 Å². The van der Waals surface area contributed by atoms with E-state index < -0.39 is 21.9 Å². The highest BCUT2D eigenvalue weighted by atomic mass is 35.5. The molecule has 3 N–H and O–H groups in total. The van der Waals surface area contributed by atoms with Gasteiger partial charge in [-0.3, -0.25) is 4.79 Å². The van der Waals surface area contributed by atoms with E-state index in [9.17, 15) is 14.1 Å². The van der Waals surface area contributed by atoms with E-state index in [4.69, 9.17) is 21.5 Å². The van der Waals surface area contributed by atoms with Crippen molar-refractivity contribution in [3.8, 4) is 5.75 Å². The molecule has 1 amide bonds. The number of allylic oxidation sites excluding steroid dienone is 1. The predicted molar refractivity (Wildman–Crippen MR) is 159 cm³/mol. The summed E-state index contributed by atoms with van der Waals surface area (Å²) in [6, 6.07) is 11.5. The van der Waals surface area contributed by atoms with Crippen LogP contribution in [0.2, 0.25) is 5.02 Å². The lowest BCUT2D eigenvalue weighted by molar-refractivity contribution is 0.0456. The van der Waals surface area contributed by atoms with E-state index >= 15 is 0 Å². The average molecular weight is 584 g/mol. The maximum Gasteiger partial charge on any atom is 0.286 e. The molecule has 2 aromatic carbocycles. The Morgan fingerprint density at radius 3 is 2.88 bits per heavy atom. The number of nitrogens with zero attached hydrogens (tertiary/aromatic N) is 2. The van der Waals surface area contributed by atoms with Gasteiger partial charge in [0.15, 0.2) is 0 Å². The highest BCUT2D eigenvalue weighted by molar-refractivity contribution is 7.91. The predicted octanol–water partition coefficient (Wildman–Crippen LogP) is 5.28. The third kappa shape index (κ3) is 5.43. The third-order valence-electron chi connectivity index (χ3n) is 9.29. The van der Waals surface area contributed by atoms with Crippen LogP contribution in [0.4, 0.5) is 5.69 Å². The Hall–Kier alpha value is -2.39. The van der Waals surface area contributed by atoms with Gasteiger partial charge in [0.2, 0.25) is 0 Å². The number of nitrogens with two attached hydrogens (primary N) is 1. The molecule has 1 unspecified atom stereocenters. The molecule has 0 aromatic heterocycles. The quantitative estimate of drug-likeness (QED) is 0.411. The average Bonchev–Trinajstić information content (AvgIpc) is 3.02. The molecular weight excluding hydrogens is 546 g/mol. The van der Waals surface area contributed by atoms with Crippen LogP contribution in [0.1, 0.15) is 60.5 Å². The summed E-state index contributed by atoms with van der Waals surface area (Å²) in [4.78, 5) is 15.6. The first-order valence-electron chi connectivity index (χ1n) is 14.3. The third-order valence-corrected chi connectivity index (χ3v) is 11.0. The number of carbonyl (C=O) groups is 1. The van der Waals surface area contributed by atoms with Crippen molar-refractivity contribution in [3.63, 3.8) is 0 Å². The number of carbonyl (C=O) groups excluding carboxylic acids is 1. The first kappa shape index (κ1) is 27.8. The van der Waals surface area contributed by atoms with E-state index in [1.54, 1.807) is 6.07 Å². The molecular formula is C31H38ClN3O4S. The van der Waals surface area contributed by atoms with Crippen LogP contribution in [-0.4, -0.2) is 46.8 Å². The second-order valence-electron chi connectivity index (χ2n) is 12.3.